The fourth-order valence-corrected chi connectivity index (χ4v) is 1.31. The molecule has 0 aliphatic rings. The largest absolute Gasteiger partial charge is 0.456 e. The van der Waals surface area contributed by atoms with Gasteiger partial charge in [0.05, 0.1) is 12.8 Å². The molecule has 0 saturated carbocycles. The lowest BCUT2D eigenvalue weighted by molar-refractivity contribution is -0.136. The summed E-state index contributed by atoms with van der Waals surface area (Å²) in [5.41, 5.74) is 1.47. The molecule has 0 spiro atoms. The molecule has 0 saturated heterocycles. The first-order valence-electron chi connectivity index (χ1n) is 4.92. The molecule has 80 valence electrons. The molecule has 16 heavy (non-hydrogen) atoms. The fourth-order valence-electron chi connectivity index (χ4n) is 1.31. The zero-order valence-corrected chi connectivity index (χ0v) is 8.80. The average molecular weight is 214 g/mol. The Bertz CT molecular complexity index is 575. The highest BCUT2D eigenvalue weighted by Crippen LogP contribution is 2.03. The zero-order chi connectivity index (χ0) is 11.4. The van der Waals surface area contributed by atoms with E-state index in [4.69, 9.17) is 4.74 Å². The number of fused-ring (bicyclic) bond motifs is 1. The van der Waals surface area contributed by atoms with Crippen LogP contribution in [0.25, 0.3) is 5.65 Å². The lowest BCUT2D eigenvalue weighted by Crippen LogP contribution is -1.99. The zero-order valence-electron chi connectivity index (χ0n) is 8.80. The normalized spacial score (nSPS) is 9.56. The van der Waals surface area contributed by atoms with Crippen LogP contribution < -0.4 is 0 Å². The van der Waals surface area contributed by atoms with Crippen molar-refractivity contribution in [2.24, 2.45) is 0 Å². The van der Waals surface area contributed by atoms with Gasteiger partial charge in [-0.1, -0.05) is 6.07 Å². The van der Waals surface area contributed by atoms with E-state index >= 15 is 0 Å². The number of esters is 1. The summed E-state index contributed by atoms with van der Waals surface area (Å²) in [7, 11) is 0. The Labute approximate surface area is 92.9 Å². The molecular weight excluding hydrogens is 204 g/mol. The Hall–Kier alpha value is -2.28. The van der Waals surface area contributed by atoms with Gasteiger partial charge in [0.1, 0.15) is 11.3 Å². The predicted molar refractivity (Wildman–Crippen MR) is 58.7 cm³/mol. The molecule has 0 aliphatic heterocycles. The summed E-state index contributed by atoms with van der Waals surface area (Å²) in [6, 6.07) is 5.64. The lowest BCUT2D eigenvalue weighted by Gasteiger charge is -1.93. The average Bonchev–Trinajstić information content (AvgIpc) is 2.70. The van der Waals surface area contributed by atoms with Crippen molar-refractivity contribution in [3.8, 4) is 11.8 Å². The van der Waals surface area contributed by atoms with Crippen LogP contribution in [0.15, 0.2) is 30.6 Å². The van der Waals surface area contributed by atoms with Gasteiger partial charge in [-0.05, 0) is 25.0 Å². The molecule has 0 N–H and O–H groups in total. The third kappa shape index (κ3) is 2.04. The van der Waals surface area contributed by atoms with E-state index in [-0.39, 0.29) is 0 Å². The van der Waals surface area contributed by atoms with E-state index < -0.39 is 5.97 Å². The molecule has 0 aliphatic carbocycles. The van der Waals surface area contributed by atoms with E-state index in [2.05, 4.69) is 16.8 Å². The summed E-state index contributed by atoms with van der Waals surface area (Å²) < 4.78 is 6.52. The Morgan fingerprint density at radius 3 is 3.25 bits per heavy atom. The number of nitrogens with zero attached hydrogens (tertiary/aromatic N) is 2. The molecule has 2 rings (SSSR count). The summed E-state index contributed by atoms with van der Waals surface area (Å²) >= 11 is 0. The van der Waals surface area contributed by atoms with Gasteiger partial charge in [0, 0.05) is 12.1 Å². The maximum atomic E-state index is 11.0. The van der Waals surface area contributed by atoms with Gasteiger partial charge in [-0.25, -0.2) is 9.78 Å². The topological polar surface area (TPSA) is 43.6 Å². The molecule has 0 fully saturated rings. The highest BCUT2D eigenvalue weighted by molar-refractivity contribution is 5.89. The first-order valence-corrected chi connectivity index (χ1v) is 4.92. The van der Waals surface area contributed by atoms with Crippen molar-refractivity contribution < 1.29 is 9.53 Å². The van der Waals surface area contributed by atoms with Crippen LogP contribution in [0, 0.1) is 11.8 Å². The van der Waals surface area contributed by atoms with Crippen LogP contribution in [-0.4, -0.2) is 22.0 Å². The SMILES string of the molecule is CCOC(=O)C#Cc1cnc2ccccn12. The Morgan fingerprint density at radius 2 is 2.44 bits per heavy atom. The second-order valence-corrected chi connectivity index (χ2v) is 3.04. The second kappa shape index (κ2) is 4.49. The standard InChI is InChI=1S/C12H10N2O2/c1-2-16-12(15)7-6-10-9-13-11-5-3-4-8-14(10)11/h3-5,8-9H,2H2,1H3. The number of hydrogen-bond acceptors (Lipinski definition) is 3. The van der Waals surface area contributed by atoms with Crippen LogP contribution in [0.1, 0.15) is 12.6 Å². The summed E-state index contributed by atoms with van der Waals surface area (Å²) in [5, 5.41) is 0. The van der Waals surface area contributed by atoms with Crippen molar-refractivity contribution in [2.75, 3.05) is 6.61 Å². The van der Waals surface area contributed by atoms with Gasteiger partial charge in [0.15, 0.2) is 0 Å². The quantitative estimate of drug-likeness (QED) is 0.530. The van der Waals surface area contributed by atoms with E-state index in [1.165, 1.54) is 0 Å². The second-order valence-electron chi connectivity index (χ2n) is 3.04. The Balaban J connectivity index is 2.31. The molecule has 0 atom stereocenters. The molecular formula is C12H10N2O2. The molecule has 0 unspecified atom stereocenters. The van der Waals surface area contributed by atoms with Crippen LogP contribution in [0.4, 0.5) is 0 Å². The molecule has 2 aromatic rings. The number of imidazole rings is 1. The number of hydrogen-bond donors (Lipinski definition) is 0. The fraction of sp³-hybridized carbons (Fsp3) is 0.167. The minimum absolute atomic E-state index is 0.334. The van der Waals surface area contributed by atoms with E-state index in [9.17, 15) is 4.79 Å². The monoisotopic (exact) mass is 214 g/mol. The van der Waals surface area contributed by atoms with Gasteiger partial charge in [-0.15, -0.1) is 0 Å². The third-order valence-corrected chi connectivity index (χ3v) is 1.99. The van der Waals surface area contributed by atoms with Crippen molar-refractivity contribution in [1.82, 2.24) is 9.38 Å². The van der Waals surface area contributed by atoms with Crippen molar-refractivity contribution in [2.45, 2.75) is 6.92 Å². The first kappa shape index (κ1) is 10.2. The molecule has 2 aromatic heterocycles. The highest BCUT2D eigenvalue weighted by atomic mass is 16.5. The van der Waals surface area contributed by atoms with Crippen LogP contribution >= 0.6 is 0 Å². The Kier molecular flexibility index (Phi) is 2.88. The third-order valence-electron chi connectivity index (χ3n) is 1.99. The van der Waals surface area contributed by atoms with Crippen LogP contribution in [-0.2, 0) is 9.53 Å². The maximum Gasteiger partial charge on any atom is 0.384 e. The summed E-state index contributed by atoms with van der Waals surface area (Å²) in [4.78, 5) is 15.2. The highest BCUT2D eigenvalue weighted by Gasteiger charge is 1.99. The molecule has 0 amide bonds. The van der Waals surface area contributed by atoms with Gasteiger partial charge < -0.3 is 4.74 Å². The minimum Gasteiger partial charge on any atom is -0.456 e. The number of pyridine rings is 1. The molecule has 0 radical (unpaired) electrons. The van der Waals surface area contributed by atoms with Gasteiger partial charge in [0.2, 0.25) is 0 Å². The number of ether oxygens (including phenoxy) is 1. The van der Waals surface area contributed by atoms with E-state index in [1.54, 1.807) is 13.1 Å². The van der Waals surface area contributed by atoms with E-state index in [0.717, 1.165) is 5.65 Å². The van der Waals surface area contributed by atoms with Gasteiger partial charge >= 0.3 is 5.97 Å². The van der Waals surface area contributed by atoms with Crippen molar-refractivity contribution in [3.63, 3.8) is 0 Å². The molecule has 0 bridgehead atoms. The van der Waals surface area contributed by atoms with Gasteiger partial charge in [-0.2, -0.15) is 0 Å². The minimum atomic E-state index is -0.520. The van der Waals surface area contributed by atoms with Crippen molar-refractivity contribution >= 4 is 11.6 Å². The van der Waals surface area contributed by atoms with Crippen LogP contribution in [0.2, 0.25) is 0 Å². The summed E-state index contributed by atoms with van der Waals surface area (Å²) in [5.74, 6) is 4.61. The molecule has 4 heteroatoms. The van der Waals surface area contributed by atoms with Crippen molar-refractivity contribution in [1.29, 1.82) is 0 Å². The Morgan fingerprint density at radius 1 is 1.56 bits per heavy atom. The van der Waals surface area contributed by atoms with E-state index in [0.29, 0.717) is 12.3 Å². The van der Waals surface area contributed by atoms with Crippen LogP contribution in [0.3, 0.4) is 0 Å². The molecule has 2 heterocycles. The number of rotatable bonds is 1. The van der Waals surface area contributed by atoms with E-state index in [1.807, 2.05) is 28.8 Å². The summed E-state index contributed by atoms with van der Waals surface area (Å²) in [6.45, 7) is 2.08. The lowest BCUT2D eigenvalue weighted by atomic mass is 10.4. The smallest absolute Gasteiger partial charge is 0.384 e. The maximum absolute atomic E-state index is 11.0. The predicted octanol–water partition coefficient (Wildman–Crippen LogP) is 1.25. The van der Waals surface area contributed by atoms with Crippen LogP contribution in [0.5, 0.6) is 0 Å². The number of carbonyl (C=O) groups is 1. The number of aromatic nitrogens is 2. The van der Waals surface area contributed by atoms with Gasteiger partial charge in [0.25, 0.3) is 0 Å². The molecule has 0 aromatic carbocycles. The number of carbonyl (C=O) groups excluding carboxylic acids is 1. The van der Waals surface area contributed by atoms with Gasteiger partial charge in [-0.3, -0.25) is 4.40 Å². The summed E-state index contributed by atoms with van der Waals surface area (Å²) in [6.07, 6.45) is 3.47. The molecule has 4 nitrogen and oxygen atoms in total. The van der Waals surface area contributed by atoms with Crippen molar-refractivity contribution in [3.05, 3.63) is 36.3 Å². The first-order chi connectivity index (χ1) is 7.81.